The molecule has 1 amide bonds. The van der Waals surface area contributed by atoms with E-state index in [2.05, 4.69) is 28.3 Å². The molecule has 0 saturated heterocycles. The van der Waals surface area contributed by atoms with Crippen LogP contribution in [0.15, 0.2) is 77.6 Å². The van der Waals surface area contributed by atoms with Gasteiger partial charge in [0.15, 0.2) is 16.9 Å². The third-order valence-electron chi connectivity index (χ3n) is 7.51. The van der Waals surface area contributed by atoms with E-state index < -0.39 is 5.82 Å². The highest BCUT2D eigenvalue weighted by molar-refractivity contribution is 6.13. The summed E-state index contributed by atoms with van der Waals surface area (Å²) in [4.78, 5) is 31.6. The molecule has 1 aromatic heterocycles. The third kappa shape index (κ3) is 5.99. The number of benzene rings is 4. The quantitative estimate of drug-likeness (QED) is 0.189. The van der Waals surface area contributed by atoms with Crippen LogP contribution >= 0.6 is 0 Å². The molecule has 4 aromatic carbocycles. The van der Waals surface area contributed by atoms with Gasteiger partial charge in [-0.05, 0) is 92.5 Å². The molecule has 0 bridgehead atoms. The molecule has 0 fully saturated rings. The van der Waals surface area contributed by atoms with Crippen LogP contribution in [0.25, 0.3) is 21.8 Å². The van der Waals surface area contributed by atoms with Gasteiger partial charge in [-0.1, -0.05) is 30.3 Å². The van der Waals surface area contributed by atoms with Crippen LogP contribution in [0.4, 0.5) is 10.1 Å². The molecular formula is C34H34FN3O4. The number of aromatic nitrogens is 1. The fourth-order valence-electron chi connectivity index (χ4n) is 5.31. The van der Waals surface area contributed by atoms with Crippen molar-refractivity contribution in [3.05, 3.63) is 111 Å². The SMILES string of the molecule is COc1ccc(CN(C)CCCc2ccc(NC(=O)c3cccc4c(=O)c5cccc(F)c5[nH]c34)c(C)c2)cc1OC. The Hall–Kier alpha value is -4.69. The zero-order chi connectivity index (χ0) is 29.8. The first-order chi connectivity index (χ1) is 20.3. The lowest BCUT2D eigenvalue weighted by molar-refractivity contribution is 0.102. The average Bonchev–Trinajstić information content (AvgIpc) is 2.98. The fourth-order valence-corrected chi connectivity index (χ4v) is 5.31. The van der Waals surface area contributed by atoms with Crippen LogP contribution in [-0.4, -0.2) is 43.6 Å². The number of anilines is 1. The number of halogens is 1. The van der Waals surface area contributed by atoms with Crippen LogP contribution in [0.1, 0.15) is 33.5 Å². The molecule has 7 nitrogen and oxygen atoms in total. The molecule has 0 unspecified atom stereocenters. The number of H-pyrrole nitrogens is 1. The number of aromatic amines is 1. The summed E-state index contributed by atoms with van der Waals surface area (Å²) in [6, 6.07) is 21.3. The Morgan fingerprint density at radius 2 is 1.62 bits per heavy atom. The van der Waals surface area contributed by atoms with Crippen molar-refractivity contribution in [1.82, 2.24) is 9.88 Å². The van der Waals surface area contributed by atoms with E-state index in [1.165, 1.54) is 17.7 Å². The smallest absolute Gasteiger partial charge is 0.257 e. The highest BCUT2D eigenvalue weighted by Gasteiger charge is 2.16. The summed E-state index contributed by atoms with van der Waals surface area (Å²) in [6.07, 6.45) is 1.87. The van der Waals surface area contributed by atoms with Crippen LogP contribution in [0, 0.1) is 12.7 Å². The zero-order valence-electron chi connectivity index (χ0n) is 24.2. The Bertz CT molecular complexity index is 1830. The Balaban J connectivity index is 1.23. The van der Waals surface area contributed by atoms with Gasteiger partial charge in [0.05, 0.1) is 30.8 Å². The first-order valence-corrected chi connectivity index (χ1v) is 13.8. The molecule has 0 saturated carbocycles. The molecule has 216 valence electrons. The van der Waals surface area contributed by atoms with Gasteiger partial charge in [-0.15, -0.1) is 0 Å². The number of ether oxygens (including phenoxy) is 2. The number of amides is 1. The van der Waals surface area contributed by atoms with E-state index >= 15 is 0 Å². The van der Waals surface area contributed by atoms with Crippen LogP contribution in [0.2, 0.25) is 0 Å². The summed E-state index contributed by atoms with van der Waals surface area (Å²) < 4.78 is 25.2. The van der Waals surface area contributed by atoms with E-state index in [0.717, 1.165) is 48.6 Å². The molecule has 5 aromatic rings. The van der Waals surface area contributed by atoms with Gasteiger partial charge in [0.25, 0.3) is 5.91 Å². The van der Waals surface area contributed by atoms with Gasteiger partial charge < -0.3 is 24.7 Å². The third-order valence-corrected chi connectivity index (χ3v) is 7.51. The van der Waals surface area contributed by atoms with Gasteiger partial charge in [0.1, 0.15) is 5.82 Å². The van der Waals surface area contributed by atoms with E-state index in [0.29, 0.717) is 16.6 Å². The second kappa shape index (κ2) is 12.4. The topological polar surface area (TPSA) is 83.7 Å². The maximum absolute atomic E-state index is 14.5. The first-order valence-electron chi connectivity index (χ1n) is 13.8. The van der Waals surface area contributed by atoms with E-state index in [9.17, 15) is 14.0 Å². The van der Waals surface area contributed by atoms with Crippen molar-refractivity contribution in [2.45, 2.75) is 26.3 Å². The maximum atomic E-state index is 14.5. The van der Waals surface area contributed by atoms with Gasteiger partial charge in [-0.3, -0.25) is 9.59 Å². The Labute approximate surface area is 243 Å². The minimum Gasteiger partial charge on any atom is -0.493 e. The van der Waals surface area contributed by atoms with E-state index in [1.807, 2.05) is 37.3 Å². The minimum absolute atomic E-state index is 0.0881. The van der Waals surface area contributed by atoms with Crippen molar-refractivity contribution >= 4 is 33.4 Å². The summed E-state index contributed by atoms with van der Waals surface area (Å²) >= 11 is 0. The Kier molecular flexibility index (Phi) is 8.54. The number of carbonyl (C=O) groups is 1. The molecule has 2 N–H and O–H groups in total. The number of rotatable bonds is 10. The predicted octanol–water partition coefficient (Wildman–Crippen LogP) is 6.46. The second-order valence-corrected chi connectivity index (χ2v) is 10.5. The monoisotopic (exact) mass is 567 g/mol. The molecule has 1 heterocycles. The van der Waals surface area contributed by atoms with Gasteiger partial charge in [0.2, 0.25) is 0 Å². The van der Waals surface area contributed by atoms with E-state index in [-0.39, 0.29) is 27.8 Å². The van der Waals surface area contributed by atoms with Gasteiger partial charge in [-0.2, -0.15) is 0 Å². The molecule has 5 rings (SSSR count). The van der Waals surface area contributed by atoms with Gasteiger partial charge in [-0.25, -0.2) is 4.39 Å². The normalized spacial score (nSPS) is 11.3. The maximum Gasteiger partial charge on any atom is 0.257 e. The number of methoxy groups -OCH3 is 2. The molecule has 0 atom stereocenters. The molecule has 0 radical (unpaired) electrons. The van der Waals surface area contributed by atoms with E-state index in [4.69, 9.17) is 9.47 Å². The first kappa shape index (κ1) is 28.8. The van der Waals surface area contributed by atoms with Crippen LogP contribution < -0.4 is 20.2 Å². The Morgan fingerprint density at radius 1 is 0.905 bits per heavy atom. The van der Waals surface area contributed by atoms with Crippen molar-refractivity contribution in [2.75, 3.05) is 33.1 Å². The number of hydrogen-bond acceptors (Lipinski definition) is 5. The molecule has 8 heteroatoms. The van der Waals surface area contributed by atoms with Crippen LogP contribution in [0.3, 0.4) is 0 Å². The second-order valence-electron chi connectivity index (χ2n) is 10.5. The van der Waals surface area contributed by atoms with Crippen molar-refractivity contribution in [3.8, 4) is 11.5 Å². The number of fused-ring (bicyclic) bond motifs is 2. The van der Waals surface area contributed by atoms with Crippen LogP contribution in [-0.2, 0) is 13.0 Å². The standard InChI is InChI=1S/C34H34FN3O4/c1-21-18-22(8-7-17-38(2)20-23-14-16-29(41-3)30(19-23)42-4)13-15-28(21)36-34(40)26-11-5-9-24-31(26)37-32-25(33(24)39)10-6-12-27(32)35/h5-6,9-16,18-19H,7-8,17,20H2,1-4H3,(H,36,40)(H,37,39). The minimum atomic E-state index is -0.541. The number of nitrogens with zero attached hydrogens (tertiary/aromatic N) is 1. The number of pyridine rings is 1. The van der Waals surface area contributed by atoms with Crippen molar-refractivity contribution in [1.29, 1.82) is 0 Å². The van der Waals surface area contributed by atoms with E-state index in [1.54, 1.807) is 38.5 Å². The largest absolute Gasteiger partial charge is 0.493 e. The van der Waals surface area contributed by atoms with Crippen molar-refractivity contribution in [2.24, 2.45) is 0 Å². The summed E-state index contributed by atoms with van der Waals surface area (Å²) in [5.41, 5.74) is 4.30. The lowest BCUT2D eigenvalue weighted by Gasteiger charge is -2.18. The van der Waals surface area contributed by atoms with Crippen LogP contribution in [0.5, 0.6) is 11.5 Å². The molecule has 0 aliphatic rings. The average molecular weight is 568 g/mol. The molecule has 0 aliphatic carbocycles. The van der Waals surface area contributed by atoms with Gasteiger partial charge >= 0.3 is 0 Å². The number of aryl methyl sites for hydroxylation is 2. The fraction of sp³-hybridized carbons (Fsp3) is 0.235. The molecule has 42 heavy (non-hydrogen) atoms. The summed E-state index contributed by atoms with van der Waals surface area (Å²) in [5.74, 6) is 0.525. The zero-order valence-corrected chi connectivity index (χ0v) is 24.2. The number of nitrogens with one attached hydrogen (secondary N) is 2. The van der Waals surface area contributed by atoms with Gasteiger partial charge in [0, 0.05) is 23.0 Å². The number of carbonyl (C=O) groups excluding carboxylic acids is 1. The lowest BCUT2D eigenvalue weighted by atomic mass is 10.0. The predicted molar refractivity (Wildman–Crippen MR) is 165 cm³/mol. The Morgan fingerprint density at radius 3 is 2.36 bits per heavy atom. The number of hydrogen-bond donors (Lipinski definition) is 2. The highest BCUT2D eigenvalue weighted by Crippen LogP contribution is 2.28. The molecule has 0 spiro atoms. The summed E-state index contributed by atoms with van der Waals surface area (Å²) in [6.45, 7) is 3.67. The molecular weight excluding hydrogens is 533 g/mol. The van der Waals surface area contributed by atoms with Crippen molar-refractivity contribution in [3.63, 3.8) is 0 Å². The molecule has 0 aliphatic heterocycles. The highest BCUT2D eigenvalue weighted by atomic mass is 19.1. The summed E-state index contributed by atoms with van der Waals surface area (Å²) in [7, 11) is 5.36. The summed E-state index contributed by atoms with van der Waals surface area (Å²) in [5, 5.41) is 3.55. The number of para-hydroxylation sites is 2. The van der Waals surface area contributed by atoms with Crippen molar-refractivity contribution < 1.29 is 18.7 Å². The lowest BCUT2D eigenvalue weighted by Crippen LogP contribution is -2.19.